The number of tetrazole rings is 1. The van der Waals surface area contributed by atoms with Crippen molar-refractivity contribution < 1.29 is 5.11 Å². The lowest BCUT2D eigenvalue weighted by molar-refractivity contribution is 0.210. The maximum atomic E-state index is 9.32. The smallest absolute Gasteiger partial charge is 0.180 e. The number of imidazole rings is 1. The van der Waals surface area contributed by atoms with Gasteiger partial charge in [0.2, 0.25) is 0 Å². The van der Waals surface area contributed by atoms with Crippen LogP contribution in [0.5, 0.6) is 0 Å². The van der Waals surface area contributed by atoms with Crippen LogP contribution in [0.1, 0.15) is 43.3 Å². The van der Waals surface area contributed by atoms with E-state index in [1.54, 1.807) is 0 Å². The maximum absolute atomic E-state index is 9.32. The van der Waals surface area contributed by atoms with Crippen molar-refractivity contribution in [3.8, 4) is 22.5 Å². The molecule has 5 rings (SSSR count). The van der Waals surface area contributed by atoms with Gasteiger partial charge in [-0.1, -0.05) is 61.9 Å². The van der Waals surface area contributed by atoms with E-state index in [1.807, 2.05) is 18.2 Å². The molecule has 1 aliphatic heterocycles. The quantitative estimate of drug-likeness (QED) is 0.353. The Hall–Kier alpha value is -3.56. The molecule has 0 aliphatic carbocycles. The molecule has 0 unspecified atom stereocenters. The third kappa shape index (κ3) is 5.03. The van der Waals surface area contributed by atoms with E-state index in [4.69, 9.17) is 4.98 Å². The van der Waals surface area contributed by atoms with E-state index in [9.17, 15) is 5.11 Å². The number of unbranched alkanes of at least 4 members (excludes halogenated alkanes) is 1. The van der Waals surface area contributed by atoms with Crippen LogP contribution in [0.2, 0.25) is 0 Å². The lowest BCUT2D eigenvalue weighted by Crippen LogP contribution is -2.41. The number of nitrogens with one attached hydrogen (secondary N) is 1. The molecule has 0 saturated heterocycles. The fourth-order valence-electron chi connectivity index (χ4n) is 4.96. The second-order valence-corrected chi connectivity index (χ2v) is 9.45. The Kier molecular flexibility index (Phi) is 7.39. The normalized spacial score (nSPS) is 13.8. The summed E-state index contributed by atoms with van der Waals surface area (Å²) in [5.41, 5.74) is 5.70. The zero-order valence-corrected chi connectivity index (χ0v) is 21.1. The minimum atomic E-state index is 0.219. The molecule has 0 radical (unpaired) electrons. The third-order valence-corrected chi connectivity index (χ3v) is 6.80. The maximum Gasteiger partial charge on any atom is 0.180 e. The predicted octanol–water partition coefficient (Wildman–Crippen LogP) is 3.71. The van der Waals surface area contributed by atoms with E-state index in [-0.39, 0.29) is 6.61 Å². The molecular formula is C27H34N8O. The summed E-state index contributed by atoms with van der Waals surface area (Å²) in [6.07, 6.45) is 4.03. The topological polar surface area (TPSA) is 99.0 Å². The SMILES string of the molecule is CCCCc1nc2c(n1Cc1ccc(-c3ccccc3-c3nnn[nH]3)cc1)CN(CCCO)CN2C. The van der Waals surface area contributed by atoms with Crippen LogP contribution in [-0.2, 0) is 19.5 Å². The highest BCUT2D eigenvalue weighted by Crippen LogP contribution is 2.31. The summed E-state index contributed by atoms with van der Waals surface area (Å²) in [5.74, 6) is 2.91. The average Bonchev–Trinajstić information content (AvgIpc) is 3.56. The first-order chi connectivity index (χ1) is 17.7. The van der Waals surface area contributed by atoms with Crippen molar-refractivity contribution in [2.75, 3.05) is 31.8 Å². The number of fused-ring (bicyclic) bond motifs is 1. The zero-order valence-electron chi connectivity index (χ0n) is 21.1. The average molecular weight is 487 g/mol. The van der Waals surface area contributed by atoms with Gasteiger partial charge in [0.25, 0.3) is 0 Å². The number of rotatable bonds is 10. The Morgan fingerprint density at radius 2 is 1.83 bits per heavy atom. The first kappa shape index (κ1) is 24.1. The number of aliphatic hydroxyl groups excluding tert-OH is 1. The molecule has 4 aromatic rings. The molecular weight excluding hydrogens is 452 g/mol. The number of nitrogens with zero attached hydrogens (tertiary/aromatic N) is 7. The van der Waals surface area contributed by atoms with Crippen molar-refractivity contribution in [3.05, 3.63) is 65.6 Å². The number of hydrogen-bond donors (Lipinski definition) is 2. The predicted molar refractivity (Wildman–Crippen MR) is 140 cm³/mol. The molecule has 3 heterocycles. The van der Waals surface area contributed by atoms with Gasteiger partial charge in [0.1, 0.15) is 5.82 Å². The summed E-state index contributed by atoms with van der Waals surface area (Å²) in [7, 11) is 2.11. The standard InChI is InChI=1S/C27H34N8O/c1-3-4-10-25-28-27-24(18-34(15-7-16-36)19-33(27)2)35(25)17-20-11-13-21(14-12-20)22-8-5-6-9-23(22)26-29-31-32-30-26/h5-6,8-9,11-14,36H,3-4,7,10,15-19H2,1-2H3,(H,29,30,31,32). The van der Waals surface area contributed by atoms with Crippen molar-refractivity contribution >= 4 is 5.82 Å². The van der Waals surface area contributed by atoms with E-state index in [0.717, 1.165) is 80.3 Å². The molecule has 0 amide bonds. The fraction of sp³-hybridized carbons (Fsp3) is 0.407. The molecule has 0 bridgehead atoms. The van der Waals surface area contributed by atoms with Crippen LogP contribution in [0.25, 0.3) is 22.5 Å². The second-order valence-electron chi connectivity index (χ2n) is 9.45. The van der Waals surface area contributed by atoms with Gasteiger partial charge in [0, 0.05) is 45.3 Å². The van der Waals surface area contributed by atoms with Crippen LogP contribution < -0.4 is 4.90 Å². The second kappa shape index (κ2) is 11.0. The van der Waals surface area contributed by atoms with Crippen molar-refractivity contribution in [3.63, 3.8) is 0 Å². The Bertz CT molecular complexity index is 1270. The van der Waals surface area contributed by atoms with Gasteiger partial charge in [-0.15, -0.1) is 5.10 Å². The Labute approximate surface area is 211 Å². The summed E-state index contributed by atoms with van der Waals surface area (Å²) in [5, 5.41) is 23.7. The van der Waals surface area contributed by atoms with Crippen molar-refractivity contribution in [2.24, 2.45) is 0 Å². The Balaban J connectivity index is 1.43. The molecule has 0 saturated carbocycles. The molecule has 0 spiro atoms. The molecule has 36 heavy (non-hydrogen) atoms. The number of aromatic amines is 1. The summed E-state index contributed by atoms with van der Waals surface area (Å²) in [6, 6.07) is 16.9. The summed E-state index contributed by atoms with van der Waals surface area (Å²) in [4.78, 5) is 9.70. The fourth-order valence-corrected chi connectivity index (χ4v) is 4.96. The highest BCUT2D eigenvalue weighted by atomic mass is 16.3. The van der Waals surface area contributed by atoms with Crippen molar-refractivity contribution in [1.82, 2.24) is 35.1 Å². The van der Waals surface area contributed by atoms with E-state index in [0.29, 0.717) is 5.82 Å². The summed E-state index contributed by atoms with van der Waals surface area (Å²) in [6.45, 7) is 5.81. The van der Waals surface area contributed by atoms with Crippen LogP contribution in [-0.4, -0.2) is 67.0 Å². The van der Waals surface area contributed by atoms with E-state index in [2.05, 4.69) is 79.3 Å². The van der Waals surface area contributed by atoms with Crippen molar-refractivity contribution in [1.29, 1.82) is 0 Å². The largest absolute Gasteiger partial charge is 0.396 e. The summed E-state index contributed by atoms with van der Waals surface area (Å²) < 4.78 is 2.41. The van der Waals surface area contributed by atoms with E-state index in [1.165, 1.54) is 11.3 Å². The van der Waals surface area contributed by atoms with Gasteiger partial charge in [-0.2, -0.15) is 0 Å². The van der Waals surface area contributed by atoms with E-state index >= 15 is 0 Å². The number of H-pyrrole nitrogens is 1. The Morgan fingerprint density at radius 3 is 2.56 bits per heavy atom. The monoisotopic (exact) mass is 486 g/mol. The number of aliphatic hydroxyl groups is 1. The lowest BCUT2D eigenvalue weighted by Gasteiger charge is -2.34. The van der Waals surface area contributed by atoms with Gasteiger partial charge in [-0.05, 0) is 40.0 Å². The molecule has 188 valence electrons. The molecule has 2 N–H and O–H groups in total. The molecule has 9 heteroatoms. The molecule has 2 aromatic carbocycles. The highest BCUT2D eigenvalue weighted by molar-refractivity contribution is 5.80. The van der Waals surface area contributed by atoms with Gasteiger partial charge in [-0.25, -0.2) is 10.1 Å². The first-order valence-electron chi connectivity index (χ1n) is 12.7. The van der Waals surface area contributed by atoms with E-state index < -0.39 is 0 Å². The van der Waals surface area contributed by atoms with Gasteiger partial charge >= 0.3 is 0 Å². The lowest BCUT2D eigenvalue weighted by atomic mass is 9.98. The molecule has 2 aromatic heterocycles. The number of anilines is 1. The molecule has 9 nitrogen and oxygen atoms in total. The van der Waals surface area contributed by atoms with Gasteiger partial charge < -0.3 is 14.6 Å². The number of hydrogen-bond acceptors (Lipinski definition) is 7. The van der Waals surface area contributed by atoms with Crippen LogP contribution in [0.3, 0.4) is 0 Å². The molecule has 0 atom stereocenters. The Morgan fingerprint density at radius 1 is 1.03 bits per heavy atom. The van der Waals surface area contributed by atoms with Crippen LogP contribution in [0.4, 0.5) is 5.82 Å². The van der Waals surface area contributed by atoms with Gasteiger partial charge in [0.05, 0.1) is 12.4 Å². The molecule has 1 aliphatic rings. The van der Waals surface area contributed by atoms with Crippen LogP contribution >= 0.6 is 0 Å². The number of aromatic nitrogens is 6. The van der Waals surface area contributed by atoms with Crippen LogP contribution in [0, 0.1) is 0 Å². The van der Waals surface area contributed by atoms with Crippen molar-refractivity contribution in [2.45, 2.75) is 45.7 Å². The molecule has 0 fully saturated rings. The number of aryl methyl sites for hydroxylation is 1. The minimum Gasteiger partial charge on any atom is -0.396 e. The highest BCUT2D eigenvalue weighted by Gasteiger charge is 2.27. The number of benzene rings is 2. The first-order valence-corrected chi connectivity index (χ1v) is 12.7. The van der Waals surface area contributed by atoms with Gasteiger partial charge in [0.15, 0.2) is 11.6 Å². The van der Waals surface area contributed by atoms with Gasteiger partial charge in [-0.3, -0.25) is 4.90 Å². The summed E-state index contributed by atoms with van der Waals surface area (Å²) >= 11 is 0. The minimum absolute atomic E-state index is 0.219. The third-order valence-electron chi connectivity index (χ3n) is 6.80. The zero-order chi connectivity index (χ0) is 24.9. The van der Waals surface area contributed by atoms with Crippen LogP contribution in [0.15, 0.2) is 48.5 Å².